The van der Waals surface area contributed by atoms with E-state index in [1.807, 2.05) is 6.07 Å². The summed E-state index contributed by atoms with van der Waals surface area (Å²) in [7, 11) is 0. The number of carboxylic acids is 1. The number of H-pyrrole nitrogens is 1. The average Bonchev–Trinajstić information content (AvgIpc) is 3.34. The number of thioether (sulfide) groups is 1. The molecule has 38 heavy (non-hydrogen) atoms. The summed E-state index contributed by atoms with van der Waals surface area (Å²) in [5.74, 6) is -0.969. The van der Waals surface area contributed by atoms with E-state index >= 15 is 0 Å². The molecule has 198 valence electrons. The number of hydrogen-bond donors (Lipinski definition) is 2. The van der Waals surface area contributed by atoms with Gasteiger partial charge >= 0.3 is 12.1 Å². The van der Waals surface area contributed by atoms with Gasteiger partial charge < -0.3 is 9.84 Å². The summed E-state index contributed by atoms with van der Waals surface area (Å²) >= 11 is 1.41. The number of benzene rings is 3. The van der Waals surface area contributed by atoms with Crippen molar-refractivity contribution in [2.75, 3.05) is 6.61 Å². The molecule has 2 N–H and O–H groups in total. The molecular formula is C28H24F4N2O3S. The lowest BCUT2D eigenvalue weighted by Gasteiger charge is -2.19. The van der Waals surface area contributed by atoms with E-state index in [1.54, 1.807) is 43.5 Å². The molecule has 1 heterocycles. The van der Waals surface area contributed by atoms with Gasteiger partial charge in [-0.25, -0.2) is 9.18 Å². The van der Waals surface area contributed by atoms with E-state index in [1.165, 1.54) is 30.0 Å². The Hall–Kier alpha value is -3.79. The van der Waals surface area contributed by atoms with Gasteiger partial charge in [0.05, 0.1) is 16.5 Å². The van der Waals surface area contributed by atoms with Crippen LogP contribution in [0.4, 0.5) is 17.6 Å². The zero-order chi connectivity index (χ0) is 27.3. The Bertz CT molecular complexity index is 1400. The fourth-order valence-corrected chi connectivity index (χ4v) is 5.29. The second kappa shape index (κ2) is 11.7. The molecule has 5 nitrogen and oxygen atoms in total. The predicted molar refractivity (Wildman–Crippen MR) is 136 cm³/mol. The molecule has 0 aliphatic heterocycles. The van der Waals surface area contributed by atoms with Gasteiger partial charge in [-0.3, -0.25) is 5.10 Å². The predicted octanol–water partition coefficient (Wildman–Crippen LogP) is 7.01. The standard InChI is InChI=1S/C28H24F4N2O3S/c1-17-14-21(11-13-25(17)37-16-26(35)36)38-27(19-6-9-20(10-7-19)28(30,31)32)22-15-33-34-24(22)12-8-18-4-2-3-5-23(18)29/h2-7,9-11,13-15,27H,8,12,16H2,1H3,(H,33,34)(H,35,36). The molecule has 0 saturated carbocycles. The van der Waals surface area contributed by atoms with Gasteiger partial charge in [0.15, 0.2) is 6.61 Å². The second-order valence-electron chi connectivity index (χ2n) is 8.61. The monoisotopic (exact) mass is 544 g/mol. The molecule has 0 radical (unpaired) electrons. The number of nitrogens with one attached hydrogen (secondary N) is 1. The highest BCUT2D eigenvalue weighted by Gasteiger charge is 2.31. The summed E-state index contributed by atoms with van der Waals surface area (Å²) in [5, 5.41) is 15.7. The van der Waals surface area contributed by atoms with Crippen LogP contribution < -0.4 is 4.74 Å². The van der Waals surface area contributed by atoms with E-state index in [9.17, 15) is 22.4 Å². The Kier molecular flexibility index (Phi) is 8.41. The van der Waals surface area contributed by atoms with Crippen molar-refractivity contribution in [3.63, 3.8) is 0 Å². The van der Waals surface area contributed by atoms with Gasteiger partial charge in [0.25, 0.3) is 0 Å². The first-order valence-electron chi connectivity index (χ1n) is 11.7. The van der Waals surface area contributed by atoms with Crippen LogP contribution in [0.1, 0.15) is 38.8 Å². The number of alkyl halides is 3. The van der Waals surface area contributed by atoms with Crippen molar-refractivity contribution in [1.29, 1.82) is 0 Å². The first-order chi connectivity index (χ1) is 18.1. The minimum absolute atomic E-state index is 0.307. The topological polar surface area (TPSA) is 75.2 Å². The SMILES string of the molecule is Cc1cc(SC(c2ccc(C(F)(F)F)cc2)c2c[nH]nc2CCc2ccccc2F)ccc1OCC(=O)O. The summed E-state index contributed by atoms with van der Waals surface area (Å²) < 4.78 is 59.1. The smallest absolute Gasteiger partial charge is 0.416 e. The van der Waals surface area contributed by atoms with Crippen molar-refractivity contribution in [2.45, 2.75) is 36.1 Å². The number of carbonyl (C=O) groups is 1. The maximum absolute atomic E-state index is 14.2. The third-order valence-corrected chi connectivity index (χ3v) is 7.20. The first kappa shape index (κ1) is 27.3. The van der Waals surface area contributed by atoms with Crippen molar-refractivity contribution >= 4 is 17.7 Å². The lowest BCUT2D eigenvalue weighted by atomic mass is 10.00. The van der Waals surface area contributed by atoms with Crippen molar-refractivity contribution in [3.8, 4) is 5.75 Å². The lowest BCUT2D eigenvalue weighted by molar-refractivity contribution is -0.139. The van der Waals surface area contributed by atoms with Gasteiger partial charge in [0.2, 0.25) is 0 Å². The van der Waals surface area contributed by atoms with Gasteiger partial charge in [-0.05, 0) is 72.9 Å². The van der Waals surface area contributed by atoms with Crippen LogP contribution in [-0.4, -0.2) is 27.9 Å². The van der Waals surface area contributed by atoms with Crippen LogP contribution >= 0.6 is 11.8 Å². The van der Waals surface area contributed by atoms with Crippen LogP contribution in [0.5, 0.6) is 5.75 Å². The normalized spacial score (nSPS) is 12.3. The zero-order valence-corrected chi connectivity index (χ0v) is 21.1. The number of aliphatic carboxylic acids is 1. The number of nitrogens with zero attached hydrogens (tertiary/aromatic N) is 1. The van der Waals surface area contributed by atoms with E-state index in [-0.39, 0.29) is 5.82 Å². The van der Waals surface area contributed by atoms with Crippen molar-refractivity contribution in [3.05, 3.63) is 112 Å². The summed E-state index contributed by atoms with van der Waals surface area (Å²) in [6, 6.07) is 16.8. The Morgan fingerprint density at radius 1 is 1.08 bits per heavy atom. The fourth-order valence-electron chi connectivity index (χ4n) is 4.00. The fraction of sp³-hybridized carbons (Fsp3) is 0.214. The van der Waals surface area contributed by atoms with E-state index in [0.29, 0.717) is 35.4 Å². The van der Waals surface area contributed by atoms with Crippen LogP contribution in [-0.2, 0) is 23.8 Å². The van der Waals surface area contributed by atoms with Gasteiger partial charge in [0.1, 0.15) is 11.6 Å². The van der Waals surface area contributed by atoms with E-state index in [0.717, 1.165) is 28.2 Å². The molecule has 0 aliphatic carbocycles. The highest BCUT2D eigenvalue weighted by atomic mass is 32.2. The van der Waals surface area contributed by atoms with E-state index in [4.69, 9.17) is 9.84 Å². The van der Waals surface area contributed by atoms with Crippen LogP contribution in [0.3, 0.4) is 0 Å². The molecule has 10 heteroatoms. The molecule has 3 aromatic carbocycles. The van der Waals surface area contributed by atoms with Crippen molar-refractivity contribution in [2.24, 2.45) is 0 Å². The molecular weight excluding hydrogens is 520 g/mol. The molecule has 4 aromatic rings. The number of hydrogen-bond acceptors (Lipinski definition) is 4. The minimum Gasteiger partial charge on any atom is -0.482 e. The molecule has 1 unspecified atom stereocenters. The first-order valence-corrected chi connectivity index (χ1v) is 12.5. The average molecular weight is 545 g/mol. The molecule has 0 amide bonds. The molecule has 0 spiro atoms. The Labute approximate surface area is 220 Å². The molecule has 0 saturated heterocycles. The summed E-state index contributed by atoms with van der Waals surface area (Å²) in [6.07, 6.45) is -1.91. The number of halogens is 4. The zero-order valence-electron chi connectivity index (χ0n) is 20.3. The lowest BCUT2D eigenvalue weighted by Crippen LogP contribution is -2.10. The van der Waals surface area contributed by atoms with Gasteiger partial charge in [-0.1, -0.05) is 30.3 Å². The molecule has 4 rings (SSSR count). The van der Waals surface area contributed by atoms with Gasteiger partial charge in [-0.2, -0.15) is 18.3 Å². The Morgan fingerprint density at radius 2 is 1.82 bits per heavy atom. The highest BCUT2D eigenvalue weighted by Crippen LogP contribution is 2.43. The maximum atomic E-state index is 14.2. The summed E-state index contributed by atoms with van der Waals surface area (Å²) in [6.45, 7) is 1.31. The maximum Gasteiger partial charge on any atom is 0.416 e. The third-order valence-electron chi connectivity index (χ3n) is 5.92. The highest BCUT2D eigenvalue weighted by molar-refractivity contribution is 7.99. The van der Waals surface area contributed by atoms with Crippen LogP contribution in [0.25, 0.3) is 0 Å². The number of ether oxygens (including phenoxy) is 1. The summed E-state index contributed by atoms with van der Waals surface area (Å²) in [5.41, 5.74) is 2.62. The Morgan fingerprint density at radius 3 is 2.47 bits per heavy atom. The van der Waals surface area contributed by atoms with Crippen LogP contribution in [0.2, 0.25) is 0 Å². The number of aryl methyl sites for hydroxylation is 3. The van der Waals surface area contributed by atoms with Crippen molar-refractivity contribution in [1.82, 2.24) is 10.2 Å². The number of aromatic nitrogens is 2. The van der Waals surface area contributed by atoms with E-state index in [2.05, 4.69) is 10.2 Å². The number of rotatable bonds is 10. The molecule has 0 bridgehead atoms. The van der Waals surface area contributed by atoms with Gasteiger partial charge in [0, 0.05) is 16.7 Å². The molecule has 0 fully saturated rings. The van der Waals surface area contributed by atoms with Crippen LogP contribution in [0.15, 0.2) is 77.8 Å². The number of carboxylic acid groups (broad SMARTS) is 1. The summed E-state index contributed by atoms with van der Waals surface area (Å²) in [4.78, 5) is 11.6. The molecule has 1 aromatic heterocycles. The van der Waals surface area contributed by atoms with Gasteiger partial charge in [-0.15, -0.1) is 11.8 Å². The Balaban J connectivity index is 1.65. The molecule has 1 atom stereocenters. The van der Waals surface area contributed by atoms with E-state index < -0.39 is 29.6 Å². The van der Waals surface area contributed by atoms with Crippen LogP contribution in [0, 0.1) is 12.7 Å². The largest absolute Gasteiger partial charge is 0.482 e. The number of aromatic amines is 1. The third kappa shape index (κ3) is 6.74. The second-order valence-corrected chi connectivity index (χ2v) is 9.78. The quantitative estimate of drug-likeness (QED) is 0.166. The van der Waals surface area contributed by atoms with Crippen molar-refractivity contribution < 1.29 is 32.2 Å². The minimum atomic E-state index is -4.45. The molecule has 0 aliphatic rings.